The van der Waals surface area contributed by atoms with Crippen LogP contribution in [0, 0.1) is 0 Å². The zero-order valence-corrected chi connectivity index (χ0v) is 12.5. The summed E-state index contributed by atoms with van der Waals surface area (Å²) < 4.78 is 0. The summed E-state index contributed by atoms with van der Waals surface area (Å²) >= 11 is 11.9. The minimum Gasteiger partial charge on any atom is -0.323 e. The van der Waals surface area contributed by atoms with Gasteiger partial charge < -0.3 is 5.73 Å². The van der Waals surface area contributed by atoms with Crippen LogP contribution < -0.4 is 5.73 Å². The maximum absolute atomic E-state index is 6.10. The fraction of sp³-hybridized carbons (Fsp3) is 0.643. The molecule has 0 spiro atoms. The van der Waals surface area contributed by atoms with Crippen molar-refractivity contribution in [2.45, 2.75) is 57.9 Å². The number of aromatic nitrogens is 1. The summed E-state index contributed by atoms with van der Waals surface area (Å²) in [4.78, 5) is 4.22. The molecule has 0 aliphatic heterocycles. The monoisotopic (exact) mass is 288 g/mol. The topological polar surface area (TPSA) is 38.9 Å². The van der Waals surface area contributed by atoms with Gasteiger partial charge in [-0.25, -0.2) is 0 Å². The maximum Gasteiger partial charge on any atom is 0.0757 e. The lowest BCUT2D eigenvalue weighted by molar-refractivity contribution is 0.541. The first-order chi connectivity index (χ1) is 8.65. The lowest BCUT2D eigenvalue weighted by Gasteiger charge is -2.12. The van der Waals surface area contributed by atoms with Crippen molar-refractivity contribution in [3.05, 3.63) is 28.0 Å². The third-order valence-corrected chi connectivity index (χ3v) is 3.57. The van der Waals surface area contributed by atoms with Crippen molar-refractivity contribution in [2.75, 3.05) is 0 Å². The number of nitrogens with zero attached hydrogens (tertiary/aromatic N) is 1. The Kier molecular flexibility index (Phi) is 7.64. The molecule has 0 amide bonds. The molecule has 1 rings (SSSR count). The van der Waals surface area contributed by atoms with Crippen molar-refractivity contribution in [2.24, 2.45) is 5.73 Å². The second kappa shape index (κ2) is 8.73. The van der Waals surface area contributed by atoms with Crippen molar-refractivity contribution in [3.8, 4) is 0 Å². The summed E-state index contributed by atoms with van der Waals surface area (Å²) in [6.45, 7) is 2.23. The van der Waals surface area contributed by atoms with Crippen LogP contribution in [-0.4, -0.2) is 4.98 Å². The molecule has 2 N–H and O–H groups in total. The fourth-order valence-electron chi connectivity index (χ4n) is 1.98. The van der Waals surface area contributed by atoms with Crippen LogP contribution in [-0.2, 0) is 0 Å². The van der Waals surface area contributed by atoms with Crippen LogP contribution in [0.3, 0.4) is 0 Å². The van der Waals surface area contributed by atoms with Gasteiger partial charge in [0, 0.05) is 12.2 Å². The smallest absolute Gasteiger partial charge is 0.0757 e. The molecule has 102 valence electrons. The van der Waals surface area contributed by atoms with E-state index in [2.05, 4.69) is 11.9 Å². The fourth-order valence-corrected chi connectivity index (χ4v) is 2.50. The van der Waals surface area contributed by atoms with E-state index in [9.17, 15) is 0 Å². The number of nitrogens with two attached hydrogens (primary N) is 1. The molecular weight excluding hydrogens is 267 g/mol. The van der Waals surface area contributed by atoms with Gasteiger partial charge in [0.1, 0.15) is 0 Å². The van der Waals surface area contributed by atoms with Gasteiger partial charge in [0.25, 0.3) is 0 Å². The van der Waals surface area contributed by atoms with Gasteiger partial charge in [0.15, 0.2) is 0 Å². The molecule has 1 atom stereocenters. The first-order valence-electron chi connectivity index (χ1n) is 6.71. The minimum absolute atomic E-state index is 0.0825. The number of hydrogen-bond donors (Lipinski definition) is 1. The summed E-state index contributed by atoms with van der Waals surface area (Å²) in [5.74, 6) is 0. The predicted molar refractivity (Wildman–Crippen MR) is 79.2 cm³/mol. The highest BCUT2D eigenvalue weighted by molar-refractivity contribution is 6.34. The lowest BCUT2D eigenvalue weighted by Crippen LogP contribution is -2.12. The number of pyridine rings is 1. The van der Waals surface area contributed by atoms with E-state index in [1.54, 1.807) is 12.3 Å². The molecule has 0 saturated carbocycles. The molecule has 0 bridgehead atoms. The van der Waals surface area contributed by atoms with Crippen LogP contribution in [0.2, 0.25) is 10.0 Å². The normalized spacial score (nSPS) is 12.7. The first-order valence-corrected chi connectivity index (χ1v) is 7.47. The SMILES string of the molecule is CCCCCCCCC(N)c1ncc(Cl)cc1Cl. The Morgan fingerprint density at radius 3 is 2.50 bits per heavy atom. The van der Waals surface area contributed by atoms with Crippen molar-refractivity contribution >= 4 is 23.2 Å². The summed E-state index contributed by atoms with van der Waals surface area (Å²) in [6, 6.07) is 1.62. The average molecular weight is 289 g/mol. The quantitative estimate of drug-likeness (QED) is 0.673. The molecule has 0 aromatic carbocycles. The Hall–Kier alpha value is -0.310. The first kappa shape index (κ1) is 15.7. The number of halogens is 2. The van der Waals surface area contributed by atoms with Crippen molar-refractivity contribution in [1.29, 1.82) is 0 Å². The van der Waals surface area contributed by atoms with Crippen LogP contribution in [0.15, 0.2) is 12.3 Å². The van der Waals surface area contributed by atoms with E-state index in [-0.39, 0.29) is 6.04 Å². The summed E-state index contributed by atoms with van der Waals surface area (Å²) in [6.07, 6.45) is 10.1. The average Bonchev–Trinajstić information content (AvgIpc) is 2.33. The molecular formula is C14H22Cl2N2. The summed E-state index contributed by atoms with van der Waals surface area (Å²) in [5.41, 5.74) is 6.86. The van der Waals surface area contributed by atoms with Crippen molar-refractivity contribution in [1.82, 2.24) is 4.98 Å². The molecule has 1 aromatic rings. The van der Waals surface area contributed by atoms with Gasteiger partial charge in [-0.2, -0.15) is 0 Å². The lowest BCUT2D eigenvalue weighted by atomic mass is 10.0. The van der Waals surface area contributed by atoms with E-state index in [0.717, 1.165) is 18.5 Å². The van der Waals surface area contributed by atoms with Gasteiger partial charge in [-0.15, -0.1) is 0 Å². The van der Waals surface area contributed by atoms with Crippen LogP contribution in [0.5, 0.6) is 0 Å². The molecule has 18 heavy (non-hydrogen) atoms. The van der Waals surface area contributed by atoms with E-state index < -0.39 is 0 Å². The predicted octanol–water partition coefficient (Wildman–Crippen LogP) is 5.14. The Morgan fingerprint density at radius 2 is 1.83 bits per heavy atom. The molecule has 2 nitrogen and oxygen atoms in total. The summed E-state index contributed by atoms with van der Waals surface area (Å²) in [5, 5.41) is 1.12. The van der Waals surface area contributed by atoms with Gasteiger partial charge in [-0.05, 0) is 12.5 Å². The second-order valence-corrected chi connectivity index (χ2v) is 5.53. The number of unbranched alkanes of at least 4 members (excludes halogenated alkanes) is 5. The van der Waals surface area contributed by atoms with E-state index in [0.29, 0.717) is 10.0 Å². The summed E-state index contributed by atoms with van der Waals surface area (Å²) in [7, 11) is 0. The molecule has 0 aliphatic rings. The third-order valence-electron chi connectivity index (χ3n) is 3.06. The highest BCUT2D eigenvalue weighted by Gasteiger charge is 2.11. The highest BCUT2D eigenvalue weighted by atomic mass is 35.5. The van der Waals surface area contributed by atoms with Gasteiger partial charge in [-0.1, -0.05) is 68.7 Å². The standard InChI is InChI=1S/C14H22Cl2N2/c1-2-3-4-5-6-7-8-13(17)14-12(16)9-11(15)10-18-14/h9-10,13H,2-8,17H2,1H3. The van der Waals surface area contributed by atoms with Crippen molar-refractivity contribution in [3.63, 3.8) is 0 Å². The molecule has 0 fully saturated rings. The van der Waals surface area contributed by atoms with E-state index in [1.807, 2.05) is 0 Å². The minimum atomic E-state index is -0.0825. The van der Waals surface area contributed by atoms with E-state index in [1.165, 1.54) is 32.1 Å². The van der Waals surface area contributed by atoms with Crippen LogP contribution in [0.25, 0.3) is 0 Å². The largest absolute Gasteiger partial charge is 0.323 e. The van der Waals surface area contributed by atoms with Crippen LogP contribution in [0.1, 0.15) is 63.6 Å². The molecule has 0 aliphatic carbocycles. The van der Waals surface area contributed by atoms with E-state index in [4.69, 9.17) is 28.9 Å². The molecule has 1 heterocycles. The van der Waals surface area contributed by atoms with Crippen LogP contribution in [0.4, 0.5) is 0 Å². The van der Waals surface area contributed by atoms with Crippen molar-refractivity contribution < 1.29 is 0 Å². The molecule has 0 radical (unpaired) electrons. The van der Waals surface area contributed by atoms with Gasteiger partial charge in [0.2, 0.25) is 0 Å². The van der Waals surface area contributed by atoms with Gasteiger partial charge in [-0.3, -0.25) is 4.98 Å². The zero-order valence-electron chi connectivity index (χ0n) is 11.0. The zero-order chi connectivity index (χ0) is 13.4. The maximum atomic E-state index is 6.10. The second-order valence-electron chi connectivity index (χ2n) is 4.68. The number of hydrogen-bond acceptors (Lipinski definition) is 2. The molecule has 4 heteroatoms. The van der Waals surface area contributed by atoms with Gasteiger partial charge >= 0.3 is 0 Å². The third kappa shape index (κ3) is 5.55. The Bertz CT molecular complexity index is 356. The Balaban J connectivity index is 2.29. The molecule has 1 unspecified atom stereocenters. The van der Waals surface area contributed by atoms with E-state index >= 15 is 0 Å². The molecule has 0 saturated heterocycles. The highest BCUT2D eigenvalue weighted by Crippen LogP contribution is 2.25. The Labute approximate surface area is 120 Å². The van der Waals surface area contributed by atoms with Gasteiger partial charge in [0.05, 0.1) is 15.7 Å². The Morgan fingerprint density at radius 1 is 1.17 bits per heavy atom. The molecule has 1 aromatic heterocycles. The van der Waals surface area contributed by atoms with Crippen LogP contribution >= 0.6 is 23.2 Å². The number of rotatable bonds is 8.